The van der Waals surface area contributed by atoms with Crippen LogP contribution < -0.4 is 5.73 Å². The van der Waals surface area contributed by atoms with Gasteiger partial charge >= 0.3 is 0 Å². The van der Waals surface area contributed by atoms with Crippen LogP contribution in [-0.4, -0.2) is 44.3 Å². The molecule has 2 N–H and O–H groups in total. The van der Waals surface area contributed by atoms with Gasteiger partial charge in [0, 0.05) is 13.2 Å². The molecule has 3 nitrogen and oxygen atoms in total. The highest BCUT2D eigenvalue weighted by Gasteiger charge is 2.15. The highest BCUT2D eigenvalue weighted by molar-refractivity contribution is 4.67. The lowest BCUT2D eigenvalue weighted by Gasteiger charge is -2.27. The lowest BCUT2D eigenvalue weighted by atomic mass is 10.1. The molecule has 1 fully saturated rings. The topological polar surface area (TPSA) is 38.5 Å². The number of hydrogen-bond donors (Lipinski definition) is 1. The highest BCUT2D eigenvalue weighted by atomic mass is 16.5. The quantitative estimate of drug-likeness (QED) is 0.691. The normalized spacial score (nSPS) is 23.8. The second kappa shape index (κ2) is 6.35. The Morgan fingerprint density at radius 3 is 2.92 bits per heavy atom. The van der Waals surface area contributed by atoms with Gasteiger partial charge in [-0.2, -0.15) is 0 Å². The smallest absolute Gasteiger partial charge is 0.0701 e. The van der Waals surface area contributed by atoms with Gasteiger partial charge in [-0.25, -0.2) is 0 Å². The van der Waals surface area contributed by atoms with Gasteiger partial charge in [0.1, 0.15) is 0 Å². The minimum Gasteiger partial charge on any atom is -0.377 e. The summed E-state index contributed by atoms with van der Waals surface area (Å²) in [4.78, 5) is 2.32. The van der Waals surface area contributed by atoms with E-state index < -0.39 is 0 Å². The van der Waals surface area contributed by atoms with Gasteiger partial charge in [-0.3, -0.25) is 0 Å². The van der Waals surface area contributed by atoms with Crippen molar-refractivity contribution in [1.82, 2.24) is 4.90 Å². The van der Waals surface area contributed by atoms with Crippen molar-refractivity contribution in [2.24, 2.45) is 5.73 Å². The van der Waals surface area contributed by atoms with Crippen LogP contribution in [0.25, 0.3) is 0 Å². The van der Waals surface area contributed by atoms with Gasteiger partial charge in [0.15, 0.2) is 0 Å². The molecule has 0 radical (unpaired) electrons. The molecule has 0 amide bonds. The summed E-state index contributed by atoms with van der Waals surface area (Å²) in [7, 11) is 2.15. The summed E-state index contributed by atoms with van der Waals surface area (Å²) >= 11 is 0. The Morgan fingerprint density at radius 1 is 1.46 bits per heavy atom. The molecule has 1 unspecified atom stereocenters. The predicted molar refractivity (Wildman–Crippen MR) is 54.8 cm³/mol. The first-order valence-corrected chi connectivity index (χ1v) is 5.33. The Morgan fingerprint density at radius 2 is 2.31 bits per heavy atom. The van der Waals surface area contributed by atoms with Gasteiger partial charge in [-0.05, 0) is 45.8 Å². The molecule has 1 atom stereocenters. The van der Waals surface area contributed by atoms with E-state index in [-0.39, 0.29) is 0 Å². The molecular weight excluding hydrogens is 164 g/mol. The fourth-order valence-electron chi connectivity index (χ4n) is 1.75. The lowest BCUT2D eigenvalue weighted by Crippen LogP contribution is -2.34. The Bertz CT molecular complexity index is 124. The van der Waals surface area contributed by atoms with Gasteiger partial charge in [-0.15, -0.1) is 0 Å². The Balaban J connectivity index is 2.07. The zero-order valence-corrected chi connectivity index (χ0v) is 8.67. The van der Waals surface area contributed by atoms with Gasteiger partial charge in [-0.1, -0.05) is 0 Å². The lowest BCUT2D eigenvalue weighted by molar-refractivity contribution is -0.00145. The molecule has 0 aromatic rings. The van der Waals surface area contributed by atoms with Crippen LogP contribution in [0.5, 0.6) is 0 Å². The van der Waals surface area contributed by atoms with Crippen LogP contribution in [0, 0.1) is 0 Å². The number of nitrogens with zero attached hydrogens (tertiary/aromatic N) is 1. The van der Waals surface area contributed by atoms with Crippen LogP contribution >= 0.6 is 0 Å². The maximum Gasteiger partial charge on any atom is 0.0701 e. The number of likely N-dealkylation sites (N-methyl/N-ethyl adjacent to an activating group) is 1. The van der Waals surface area contributed by atoms with E-state index in [0.717, 1.165) is 32.7 Å². The first-order chi connectivity index (χ1) is 6.33. The number of ether oxygens (including phenoxy) is 1. The zero-order valence-electron chi connectivity index (χ0n) is 8.67. The molecule has 13 heavy (non-hydrogen) atoms. The molecule has 1 aliphatic rings. The molecule has 1 rings (SSSR count). The van der Waals surface area contributed by atoms with E-state index in [4.69, 9.17) is 10.5 Å². The summed E-state index contributed by atoms with van der Waals surface area (Å²) in [6.45, 7) is 3.90. The monoisotopic (exact) mass is 186 g/mol. The number of nitrogens with two attached hydrogens (primary N) is 1. The van der Waals surface area contributed by atoms with Crippen molar-refractivity contribution in [3.8, 4) is 0 Å². The minimum absolute atomic E-state index is 0.469. The van der Waals surface area contributed by atoms with Crippen LogP contribution in [0.3, 0.4) is 0 Å². The van der Waals surface area contributed by atoms with E-state index in [1.165, 1.54) is 19.3 Å². The molecule has 1 aliphatic heterocycles. The average Bonchev–Trinajstić information content (AvgIpc) is 2.16. The fraction of sp³-hybridized carbons (Fsp3) is 1.00. The van der Waals surface area contributed by atoms with Crippen molar-refractivity contribution in [2.75, 3.05) is 33.3 Å². The summed E-state index contributed by atoms with van der Waals surface area (Å²) in [5, 5.41) is 0. The van der Waals surface area contributed by atoms with Gasteiger partial charge in [0.05, 0.1) is 6.10 Å². The van der Waals surface area contributed by atoms with E-state index in [9.17, 15) is 0 Å². The van der Waals surface area contributed by atoms with Crippen LogP contribution in [-0.2, 0) is 4.74 Å². The third-order valence-electron chi connectivity index (χ3n) is 2.53. The molecule has 1 saturated heterocycles. The fourth-order valence-corrected chi connectivity index (χ4v) is 1.75. The first-order valence-electron chi connectivity index (χ1n) is 5.33. The van der Waals surface area contributed by atoms with Crippen molar-refractivity contribution in [1.29, 1.82) is 0 Å². The van der Waals surface area contributed by atoms with Gasteiger partial charge in [0.25, 0.3) is 0 Å². The van der Waals surface area contributed by atoms with Crippen LogP contribution in [0.4, 0.5) is 0 Å². The van der Waals surface area contributed by atoms with Crippen LogP contribution in [0.1, 0.15) is 25.7 Å². The van der Waals surface area contributed by atoms with Crippen molar-refractivity contribution in [3.05, 3.63) is 0 Å². The molecule has 3 heteroatoms. The van der Waals surface area contributed by atoms with E-state index in [0.29, 0.717) is 6.10 Å². The van der Waals surface area contributed by atoms with Crippen LogP contribution in [0.2, 0.25) is 0 Å². The summed E-state index contributed by atoms with van der Waals surface area (Å²) in [6.07, 6.45) is 5.35. The molecule has 1 heterocycles. The third kappa shape index (κ3) is 4.60. The zero-order chi connectivity index (χ0) is 9.52. The van der Waals surface area contributed by atoms with Crippen LogP contribution in [0.15, 0.2) is 0 Å². The van der Waals surface area contributed by atoms with Crippen molar-refractivity contribution < 1.29 is 4.74 Å². The SMILES string of the molecule is CN(CCCN)CC1CCCCO1. The molecule has 0 spiro atoms. The molecule has 0 bridgehead atoms. The van der Waals surface area contributed by atoms with Gasteiger partial charge < -0.3 is 15.4 Å². The number of hydrogen-bond acceptors (Lipinski definition) is 3. The van der Waals surface area contributed by atoms with E-state index in [2.05, 4.69) is 11.9 Å². The highest BCUT2D eigenvalue weighted by Crippen LogP contribution is 2.13. The largest absolute Gasteiger partial charge is 0.377 e. The molecule has 0 aromatic carbocycles. The average molecular weight is 186 g/mol. The molecule has 78 valence electrons. The first kappa shape index (κ1) is 11.0. The Kier molecular flexibility index (Phi) is 5.35. The standard InChI is InChI=1S/C10H22N2O/c1-12(7-4-6-11)9-10-5-2-3-8-13-10/h10H,2-9,11H2,1H3. The van der Waals surface area contributed by atoms with E-state index in [1.54, 1.807) is 0 Å². The van der Waals surface area contributed by atoms with Gasteiger partial charge in [0.2, 0.25) is 0 Å². The Hall–Kier alpha value is -0.120. The maximum atomic E-state index is 5.66. The van der Waals surface area contributed by atoms with E-state index in [1.807, 2.05) is 0 Å². The van der Waals surface area contributed by atoms with E-state index >= 15 is 0 Å². The summed E-state index contributed by atoms with van der Waals surface area (Å²) < 4.78 is 5.66. The molecule has 0 saturated carbocycles. The molecule has 0 aromatic heterocycles. The summed E-state index contributed by atoms with van der Waals surface area (Å²) in [5.74, 6) is 0. The maximum absolute atomic E-state index is 5.66. The third-order valence-corrected chi connectivity index (χ3v) is 2.53. The second-order valence-electron chi connectivity index (χ2n) is 3.89. The summed E-state index contributed by atoms with van der Waals surface area (Å²) in [6, 6.07) is 0. The van der Waals surface area contributed by atoms with Crippen molar-refractivity contribution >= 4 is 0 Å². The predicted octanol–water partition coefficient (Wildman–Crippen LogP) is 0.836. The molecular formula is C10H22N2O. The summed E-state index contributed by atoms with van der Waals surface area (Å²) in [5.41, 5.74) is 5.45. The Labute approximate surface area is 81.2 Å². The minimum atomic E-state index is 0.469. The second-order valence-corrected chi connectivity index (χ2v) is 3.89. The molecule has 0 aliphatic carbocycles. The van der Waals surface area contributed by atoms with Crippen molar-refractivity contribution in [3.63, 3.8) is 0 Å². The van der Waals surface area contributed by atoms with Crippen molar-refractivity contribution in [2.45, 2.75) is 31.8 Å². The number of rotatable bonds is 5.